The molecule has 0 unspecified atom stereocenters. The Bertz CT molecular complexity index is 744. The van der Waals surface area contributed by atoms with E-state index < -0.39 is 5.97 Å². The van der Waals surface area contributed by atoms with Gasteiger partial charge in [0.2, 0.25) is 0 Å². The first kappa shape index (κ1) is 15.8. The number of aromatic nitrogens is 1. The third kappa shape index (κ3) is 3.16. The molecule has 1 aromatic heterocycles. The summed E-state index contributed by atoms with van der Waals surface area (Å²) in [5.41, 5.74) is 2.04. The fraction of sp³-hybridized carbons (Fsp3) is 0.312. The number of hydrogen-bond donors (Lipinski definition) is 2. The van der Waals surface area contributed by atoms with Gasteiger partial charge in [0.15, 0.2) is 5.78 Å². The number of fused-ring (bicyclic) bond motifs is 1. The molecule has 2 aromatic rings. The Hall–Kier alpha value is -2.63. The SMILES string of the molecule is COC(=O)CCCC(=O)c1c(C)[nH]c2ccc(C(=O)O)cc12. The predicted molar refractivity (Wildman–Crippen MR) is 80.2 cm³/mol. The van der Waals surface area contributed by atoms with Crippen LogP contribution in [0.5, 0.6) is 0 Å². The molecule has 0 aliphatic rings. The van der Waals surface area contributed by atoms with E-state index in [4.69, 9.17) is 5.11 Å². The number of nitrogens with one attached hydrogen (secondary N) is 1. The normalized spacial score (nSPS) is 10.6. The average Bonchev–Trinajstić information content (AvgIpc) is 2.81. The highest BCUT2D eigenvalue weighted by Gasteiger charge is 2.17. The van der Waals surface area contributed by atoms with Crippen molar-refractivity contribution in [1.29, 1.82) is 0 Å². The molecule has 1 heterocycles. The van der Waals surface area contributed by atoms with Gasteiger partial charge < -0.3 is 14.8 Å². The maximum atomic E-state index is 12.4. The first-order valence-corrected chi connectivity index (χ1v) is 6.89. The number of hydrogen-bond acceptors (Lipinski definition) is 4. The zero-order valence-electron chi connectivity index (χ0n) is 12.4. The molecule has 0 radical (unpaired) electrons. The highest BCUT2D eigenvalue weighted by molar-refractivity contribution is 6.10. The van der Waals surface area contributed by atoms with Crippen molar-refractivity contribution >= 4 is 28.6 Å². The molecule has 1 aromatic carbocycles. The van der Waals surface area contributed by atoms with Crippen LogP contribution in [0.25, 0.3) is 10.9 Å². The molecule has 6 heteroatoms. The van der Waals surface area contributed by atoms with Crippen LogP contribution in [0.3, 0.4) is 0 Å². The Morgan fingerprint density at radius 1 is 1.23 bits per heavy atom. The van der Waals surface area contributed by atoms with Crippen LogP contribution in [-0.2, 0) is 9.53 Å². The maximum Gasteiger partial charge on any atom is 0.335 e. The number of ketones is 1. The number of esters is 1. The number of aromatic amines is 1. The minimum atomic E-state index is -1.04. The number of carbonyl (C=O) groups is 3. The monoisotopic (exact) mass is 303 g/mol. The van der Waals surface area contributed by atoms with Crippen molar-refractivity contribution in [3.63, 3.8) is 0 Å². The van der Waals surface area contributed by atoms with Gasteiger partial charge >= 0.3 is 11.9 Å². The van der Waals surface area contributed by atoms with Crippen molar-refractivity contribution in [2.24, 2.45) is 0 Å². The van der Waals surface area contributed by atoms with Gasteiger partial charge in [-0.2, -0.15) is 0 Å². The van der Waals surface area contributed by atoms with E-state index in [1.165, 1.54) is 19.2 Å². The largest absolute Gasteiger partial charge is 0.478 e. The molecule has 2 N–H and O–H groups in total. The van der Waals surface area contributed by atoms with E-state index in [-0.39, 0.29) is 30.2 Å². The lowest BCUT2D eigenvalue weighted by molar-refractivity contribution is -0.140. The van der Waals surface area contributed by atoms with Gasteiger partial charge in [0.05, 0.1) is 12.7 Å². The topological polar surface area (TPSA) is 96.5 Å². The third-order valence-electron chi connectivity index (χ3n) is 3.52. The lowest BCUT2D eigenvalue weighted by Gasteiger charge is -2.02. The molecule has 22 heavy (non-hydrogen) atoms. The summed E-state index contributed by atoms with van der Waals surface area (Å²) in [6.45, 7) is 1.77. The van der Waals surface area contributed by atoms with Gasteiger partial charge in [0.1, 0.15) is 0 Å². The lowest BCUT2D eigenvalue weighted by Crippen LogP contribution is -2.04. The van der Waals surface area contributed by atoms with E-state index >= 15 is 0 Å². The number of carboxylic acids is 1. The number of carboxylic acid groups (broad SMARTS) is 1. The van der Waals surface area contributed by atoms with Crippen LogP contribution in [0.15, 0.2) is 18.2 Å². The number of benzene rings is 1. The van der Waals surface area contributed by atoms with Gasteiger partial charge in [0, 0.05) is 35.0 Å². The molecule has 6 nitrogen and oxygen atoms in total. The van der Waals surface area contributed by atoms with Crippen molar-refractivity contribution in [3.8, 4) is 0 Å². The van der Waals surface area contributed by atoms with E-state index in [1.54, 1.807) is 13.0 Å². The summed E-state index contributed by atoms with van der Waals surface area (Å²) < 4.78 is 4.54. The van der Waals surface area contributed by atoms with Crippen LogP contribution < -0.4 is 0 Å². The minimum Gasteiger partial charge on any atom is -0.478 e. The quantitative estimate of drug-likeness (QED) is 0.631. The van der Waals surface area contributed by atoms with Crippen LogP contribution in [-0.4, -0.2) is 34.9 Å². The number of rotatable bonds is 6. The number of aryl methyl sites for hydroxylation is 1. The predicted octanol–water partition coefficient (Wildman–Crippen LogP) is 2.70. The van der Waals surface area contributed by atoms with Crippen molar-refractivity contribution in [1.82, 2.24) is 4.98 Å². The van der Waals surface area contributed by atoms with Crippen molar-refractivity contribution in [3.05, 3.63) is 35.0 Å². The summed E-state index contributed by atoms with van der Waals surface area (Å²) >= 11 is 0. The molecule has 0 aliphatic heterocycles. The average molecular weight is 303 g/mol. The standard InChI is InChI=1S/C16H17NO5/c1-9-15(13(18)4-3-5-14(19)22-2)11-8-10(16(20)21)6-7-12(11)17-9/h6-8,17H,3-5H2,1-2H3,(H,20,21). The number of H-pyrrole nitrogens is 1. The summed E-state index contributed by atoms with van der Waals surface area (Å²) in [6.07, 6.45) is 0.792. The van der Waals surface area contributed by atoms with Gasteiger partial charge in [-0.1, -0.05) is 0 Å². The number of methoxy groups -OCH3 is 1. The van der Waals surface area contributed by atoms with E-state index in [2.05, 4.69) is 9.72 Å². The zero-order valence-corrected chi connectivity index (χ0v) is 12.4. The van der Waals surface area contributed by atoms with Crippen molar-refractivity contribution in [2.75, 3.05) is 7.11 Å². The van der Waals surface area contributed by atoms with Gasteiger partial charge in [-0.3, -0.25) is 9.59 Å². The Morgan fingerprint density at radius 2 is 1.95 bits per heavy atom. The number of carbonyl (C=O) groups excluding carboxylic acids is 2. The van der Waals surface area contributed by atoms with Crippen LogP contribution in [0, 0.1) is 6.92 Å². The smallest absolute Gasteiger partial charge is 0.335 e. The number of aromatic carboxylic acids is 1. The van der Waals surface area contributed by atoms with E-state index in [0.717, 1.165) is 5.52 Å². The van der Waals surface area contributed by atoms with Gasteiger partial charge in [0.25, 0.3) is 0 Å². The lowest BCUT2D eigenvalue weighted by atomic mass is 10.0. The summed E-state index contributed by atoms with van der Waals surface area (Å²) in [7, 11) is 1.31. The first-order chi connectivity index (χ1) is 10.4. The number of Topliss-reactive ketones (excluding diaryl/α,β-unsaturated/α-hetero) is 1. The minimum absolute atomic E-state index is 0.116. The number of ether oxygens (including phenoxy) is 1. The molecule has 0 atom stereocenters. The van der Waals surface area contributed by atoms with E-state index in [1.807, 2.05) is 0 Å². The molecular weight excluding hydrogens is 286 g/mol. The summed E-state index contributed by atoms with van der Waals surface area (Å²) in [5.74, 6) is -1.50. The second-order valence-electron chi connectivity index (χ2n) is 5.04. The van der Waals surface area contributed by atoms with Crippen LogP contribution in [0.2, 0.25) is 0 Å². The summed E-state index contributed by atoms with van der Waals surface area (Å²) in [6, 6.07) is 4.64. The second-order valence-corrected chi connectivity index (χ2v) is 5.04. The highest BCUT2D eigenvalue weighted by Crippen LogP contribution is 2.25. The van der Waals surface area contributed by atoms with Gasteiger partial charge in [-0.05, 0) is 31.5 Å². The van der Waals surface area contributed by atoms with Crippen LogP contribution in [0.1, 0.15) is 45.7 Å². The van der Waals surface area contributed by atoms with E-state index in [9.17, 15) is 14.4 Å². The Balaban J connectivity index is 2.27. The Kier molecular flexibility index (Phi) is 4.60. The summed E-state index contributed by atoms with van der Waals surface area (Å²) in [5, 5.41) is 9.66. The second kappa shape index (κ2) is 6.43. The molecule has 0 amide bonds. The molecule has 0 spiro atoms. The fourth-order valence-corrected chi connectivity index (χ4v) is 2.44. The molecule has 0 fully saturated rings. The molecule has 0 aliphatic carbocycles. The van der Waals surface area contributed by atoms with Crippen LogP contribution in [0.4, 0.5) is 0 Å². The molecule has 0 bridgehead atoms. The Labute approximate surface area is 127 Å². The zero-order chi connectivity index (χ0) is 16.3. The van der Waals surface area contributed by atoms with Crippen molar-refractivity contribution < 1.29 is 24.2 Å². The molecule has 116 valence electrons. The first-order valence-electron chi connectivity index (χ1n) is 6.89. The molecule has 2 rings (SSSR count). The molecule has 0 saturated carbocycles. The highest BCUT2D eigenvalue weighted by atomic mass is 16.5. The van der Waals surface area contributed by atoms with Gasteiger partial charge in [-0.25, -0.2) is 4.79 Å². The molecular formula is C16H17NO5. The van der Waals surface area contributed by atoms with Crippen LogP contribution >= 0.6 is 0 Å². The maximum absolute atomic E-state index is 12.4. The Morgan fingerprint density at radius 3 is 2.59 bits per heavy atom. The fourth-order valence-electron chi connectivity index (χ4n) is 2.44. The molecule has 0 saturated heterocycles. The summed E-state index contributed by atoms with van der Waals surface area (Å²) in [4.78, 5) is 37.6. The van der Waals surface area contributed by atoms with E-state index in [0.29, 0.717) is 23.1 Å². The third-order valence-corrected chi connectivity index (χ3v) is 3.52. The van der Waals surface area contributed by atoms with Gasteiger partial charge in [-0.15, -0.1) is 0 Å². The van der Waals surface area contributed by atoms with Crippen molar-refractivity contribution in [2.45, 2.75) is 26.2 Å².